The number of hydroxylamine groups is 2. The molecule has 0 aliphatic carbocycles. The number of rotatable bonds is 11. The summed E-state index contributed by atoms with van der Waals surface area (Å²) in [5, 5.41) is 0.294. The molecule has 1 unspecified atom stereocenters. The molecule has 30 heavy (non-hydrogen) atoms. The molecule has 1 aromatic carbocycles. The Labute approximate surface area is 176 Å². The van der Waals surface area contributed by atoms with Crippen LogP contribution in [0.3, 0.4) is 0 Å². The van der Waals surface area contributed by atoms with Crippen molar-refractivity contribution in [1.82, 2.24) is 9.96 Å². The topological polar surface area (TPSA) is 119 Å². The largest absolute Gasteiger partial charge is 0.429 e. The Bertz CT molecular complexity index is 769. The number of amides is 5. The molecular weight excluding hydrogens is 390 g/mol. The molecule has 1 aromatic rings. The number of carbonyl (C=O) groups excluding carboxylic acids is 4. The Morgan fingerprint density at radius 2 is 1.67 bits per heavy atom. The van der Waals surface area contributed by atoms with Crippen LogP contribution in [0, 0.1) is 0 Å². The first kappa shape index (κ1) is 23.3. The van der Waals surface area contributed by atoms with E-state index in [0.29, 0.717) is 30.3 Å². The normalized spacial score (nSPS) is 19.3. The molecule has 0 aromatic heterocycles. The van der Waals surface area contributed by atoms with E-state index in [9.17, 15) is 19.2 Å². The second-order valence-electron chi connectivity index (χ2n) is 7.05. The molecular formula is C21H29N3O6. The molecule has 1 saturated heterocycles. The van der Waals surface area contributed by atoms with Crippen LogP contribution in [0.25, 0.3) is 0 Å². The summed E-state index contributed by atoms with van der Waals surface area (Å²) in [4.78, 5) is 56.2. The van der Waals surface area contributed by atoms with Crippen LogP contribution in [0.2, 0.25) is 0 Å². The van der Waals surface area contributed by atoms with Crippen molar-refractivity contribution in [3.05, 3.63) is 35.9 Å². The second kappa shape index (κ2) is 10.7. The third-order valence-corrected chi connectivity index (χ3v) is 5.11. The highest BCUT2D eigenvalue weighted by molar-refractivity contribution is 6.22. The van der Waals surface area contributed by atoms with Gasteiger partial charge in [-0.25, -0.2) is 9.59 Å². The Morgan fingerprint density at radius 1 is 1.00 bits per heavy atom. The van der Waals surface area contributed by atoms with E-state index in [4.69, 9.17) is 15.3 Å². The molecule has 5 amide bonds. The van der Waals surface area contributed by atoms with Crippen molar-refractivity contribution in [2.45, 2.75) is 51.4 Å². The first-order valence-corrected chi connectivity index (χ1v) is 10.2. The minimum atomic E-state index is -1.69. The summed E-state index contributed by atoms with van der Waals surface area (Å²) < 4.78 is 5.54. The van der Waals surface area contributed by atoms with Gasteiger partial charge in [0.15, 0.2) is 5.41 Å². The van der Waals surface area contributed by atoms with Gasteiger partial charge in [-0.05, 0) is 24.8 Å². The molecule has 0 saturated carbocycles. The van der Waals surface area contributed by atoms with Gasteiger partial charge in [0, 0.05) is 19.8 Å². The highest BCUT2D eigenvalue weighted by atomic mass is 16.7. The summed E-state index contributed by atoms with van der Waals surface area (Å²) in [7, 11) is 0. The van der Waals surface area contributed by atoms with Gasteiger partial charge in [0.1, 0.15) is 0 Å². The van der Waals surface area contributed by atoms with E-state index in [1.165, 1.54) is 0 Å². The van der Waals surface area contributed by atoms with Crippen LogP contribution in [0.4, 0.5) is 9.59 Å². The number of barbiturate groups is 1. The standard InChI is InChI=1S/C21H29N3O6/c1-3-5-9-14-29-15-10-13-23-17(25)21(4-2,16-11-7-6-8-12-16)18(26)24(20(23)28)30-19(22)27/h6-8,11-12H,3-5,9-10,13-15H2,1-2H3,(H2,22,27). The van der Waals surface area contributed by atoms with Crippen LogP contribution in [0.1, 0.15) is 51.5 Å². The molecule has 2 N–H and O–H groups in total. The summed E-state index contributed by atoms with van der Waals surface area (Å²) in [5.41, 5.74) is 3.77. The molecule has 1 aliphatic rings. The number of nitrogens with zero attached hydrogens (tertiary/aromatic N) is 2. The molecule has 0 radical (unpaired) electrons. The number of ether oxygens (including phenoxy) is 1. The molecule has 1 atom stereocenters. The zero-order valence-electron chi connectivity index (χ0n) is 17.5. The van der Waals surface area contributed by atoms with Gasteiger partial charge in [-0.2, -0.15) is 0 Å². The van der Waals surface area contributed by atoms with Crippen molar-refractivity contribution >= 4 is 23.9 Å². The summed E-state index contributed by atoms with van der Waals surface area (Å²) in [6.07, 6.45) is 2.24. The maximum Gasteiger partial charge on any atom is 0.429 e. The molecule has 9 nitrogen and oxygen atoms in total. The number of primary amides is 1. The number of carbonyl (C=O) groups is 4. The average molecular weight is 419 g/mol. The Balaban J connectivity index is 2.25. The zero-order chi connectivity index (χ0) is 22.1. The Morgan fingerprint density at radius 3 is 2.27 bits per heavy atom. The minimum absolute atomic E-state index is 0.0198. The first-order valence-electron chi connectivity index (χ1n) is 10.2. The zero-order valence-corrected chi connectivity index (χ0v) is 17.5. The van der Waals surface area contributed by atoms with Crippen molar-refractivity contribution in [1.29, 1.82) is 0 Å². The third kappa shape index (κ3) is 4.79. The Hall–Kier alpha value is -2.94. The van der Waals surface area contributed by atoms with Gasteiger partial charge in [-0.1, -0.05) is 62.1 Å². The quantitative estimate of drug-likeness (QED) is 0.435. The summed E-state index contributed by atoms with van der Waals surface area (Å²) >= 11 is 0. The van der Waals surface area contributed by atoms with Gasteiger partial charge >= 0.3 is 12.1 Å². The first-order chi connectivity index (χ1) is 14.4. The van der Waals surface area contributed by atoms with E-state index < -0.39 is 29.4 Å². The third-order valence-electron chi connectivity index (χ3n) is 5.11. The number of imide groups is 2. The molecule has 1 fully saturated rings. The summed E-state index contributed by atoms with van der Waals surface area (Å²) in [5.74, 6) is -1.58. The minimum Gasteiger partial charge on any atom is -0.381 e. The van der Waals surface area contributed by atoms with E-state index in [1.807, 2.05) is 0 Å². The van der Waals surface area contributed by atoms with Crippen molar-refractivity contribution in [3.8, 4) is 0 Å². The van der Waals surface area contributed by atoms with Crippen LogP contribution in [-0.4, -0.2) is 53.7 Å². The molecule has 0 spiro atoms. The SMILES string of the molecule is CCCCCOCCCN1C(=O)N(OC(N)=O)C(=O)C(CC)(c2ccccc2)C1=O. The molecule has 2 rings (SSSR count). The number of urea groups is 1. The van der Waals surface area contributed by atoms with Gasteiger partial charge < -0.3 is 15.3 Å². The predicted molar refractivity (Wildman–Crippen MR) is 108 cm³/mol. The van der Waals surface area contributed by atoms with Gasteiger partial charge in [0.25, 0.3) is 11.8 Å². The smallest absolute Gasteiger partial charge is 0.381 e. The number of nitrogens with two attached hydrogens (primary N) is 1. The van der Waals surface area contributed by atoms with Gasteiger partial charge in [-0.3, -0.25) is 14.5 Å². The van der Waals surface area contributed by atoms with Crippen LogP contribution in [-0.2, 0) is 24.6 Å². The molecule has 1 aliphatic heterocycles. The molecule has 0 bridgehead atoms. The van der Waals surface area contributed by atoms with Gasteiger partial charge in [0.05, 0.1) is 0 Å². The lowest BCUT2D eigenvalue weighted by Gasteiger charge is -2.42. The molecule has 164 valence electrons. The van der Waals surface area contributed by atoms with Gasteiger partial charge in [-0.15, -0.1) is 0 Å². The van der Waals surface area contributed by atoms with Crippen molar-refractivity contribution in [3.63, 3.8) is 0 Å². The number of hydrogen-bond donors (Lipinski definition) is 1. The van der Waals surface area contributed by atoms with E-state index in [1.54, 1.807) is 37.3 Å². The van der Waals surface area contributed by atoms with Gasteiger partial charge in [0.2, 0.25) is 0 Å². The van der Waals surface area contributed by atoms with Crippen molar-refractivity contribution in [2.24, 2.45) is 5.73 Å². The van der Waals surface area contributed by atoms with E-state index >= 15 is 0 Å². The maximum absolute atomic E-state index is 13.4. The van der Waals surface area contributed by atoms with Crippen molar-refractivity contribution in [2.75, 3.05) is 19.8 Å². The maximum atomic E-state index is 13.4. The molecule has 1 heterocycles. The lowest BCUT2D eigenvalue weighted by atomic mass is 9.74. The lowest BCUT2D eigenvalue weighted by molar-refractivity contribution is -0.174. The van der Waals surface area contributed by atoms with E-state index in [2.05, 4.69) is 6.92 Å². The molecule has 9 heteroatoms. The fourth-order valence-corrected chi connectivity index (χ4v) is 3.50. The van der Waals surface area contributed by atoms with E-state index in [0.717, 1.165) is 24.2 Å². The van der Waals surface area contributed by atoms with E-state index in [-0.39, 0.29) is 13.0 Å². The Kier molecular flexibility index (Phi) is 8.35. The van der Waals surface area contributed by atoms with Crippen molar-refractivity contribution < 1.29 is 28.8 Å². The number of hydrogen-bond acceptors (Lipinski definition) is 6. The fourth-order valence-electron chi connectivity index (χ4n) is 3.50. The second-order valence-corrected chi connectivity index (χ2v) is 7.05. The van der Waals surface area contributed by atoms with Crippen LogP contribution in [0.5, 0.6) is 0 Å². The number of unbranched alkanes of at least 4 members (excludes halogenated alkanes) is 2. The highest BCUT2D eigenvalue weighted by Gasteiger charge is 2.58. The predicted octanol–water partition coefficient (Wildman–Crippen LogP) is 2.73. The lowest BCUT2D eigenvalue weighted by Crippen LogP contribution is -2.67. The van der Waals surface area contributed by atoms with Crippen LogP contribution < -0.4 is 5.73 Å². The van der Waals surface area contributed by atoms with Crippen LogP contribution in [0.15, 0.2) is 30.3 Å². The highest BCUT2D eigenvalue weighted by Crippen LogP contribution is 2.36. The number of benzene rings is 1. The summed E-state index contributed by atoms with van der Waals surface area (Å²) in [6, 6.07) is 7.37. The van der Waals surface area contributed by atoms with Crippen LogP contribution >= 0.6 is 0 Å². The summed E-state index contributed by atoms with van der Waals surface area (Å²) in [6.45, 7) is 4.74. The fraction of sp³-hybridized carbons (Fsp3) is 0.524. The average Bonchev–Trinajstić information content (AvgIpc) is 2.74. The monoisotopic (exact) mass is 419 g/mol.